The average molecular weight is 287 g/mol. The molecule has 2 N–H and O–H groups in total. The normalized spacial score (nSPS) is 13.8. The highest BCUT2D eigenvalue weighted by atomic mass is 16.4. The number of carbonyl (C=O) groups is 1. The van der Waals surface area contributed by atoms with E-state index in [2.05, 4.69) is 5.32 Å². The van der Waals surface area contributed by atoms with Crippen LogP contribution < -0.4 is 5.32 Å². The van der Waals surface area contributed by atoms with Crippen LogP contribution in [0, 0.1) is 20.8 Å². The molecule has 4 heteroatoms. The van der Waals surface area contributed by atoms with Gasteiger partial charge in [-0.15, -0.1) is 0 Å². The highest BCUT2D eigenvalue weighted by Crippen LogP contribution is 2.22. The van der Waals surface area contributed by atoms with Gasteiger partial charge in [-0.2, -0.15) is 0 Å². The predicted molar refractivity (Wildman–Crippen MR) is 81.3 cm³/mol. The Morgan fingerprint density at radius 3 is 2.52 bits per heavy atom. The van der Waals surface area contributed by atoms with Gasteiger partial charge in [-0.1, -0.05) is 17.7 Å². The molecular weight excluding hydrogens is 266 g/mol. The van der Waals surface area contributed by atoms with E-state index in [-0.39, 0.29) is 12.5 Å². The van der Waals surface area contributed by atoms with Crippen LogP contribution in [0.3, 0.4) is 0 Å². The van der Waals surface area contributed by atoms with Crippen LogP contribution in [-0.4, -0.2) is 17.6 Å². The Morgan fingerprint density at radius 1 is 1.24 bits per heavy atom. The van der Waals surface area contributed by atoms with E-state index < -0.39 is 5.60 Å². The zero-order valence-electron chi connectivity index (χ0n) is 12.9. The number of hydrogen-bond acceptors (Lipinski definition) is 3. The third kappa shape index (κ3) is 3.52. The first kappa shape index (κ1) is 15.3. The van der Waals surface area contributed by atoms with E-state index in [0.717, 1.165) is 16.9 Å². The van der Waals surface area contributed by atoms with Gasteiger partial charge in [-0.3, -0.25) is 4.79 Å². The molecule has 0 aliphatic carbocycles. The van der Waals surface area contributed by atoms with Gasteiger partial charge in [0.05, 0.1) is 6.54 Å². The Morgan fingerprint density at radius 2 is 1.95 bits per heavy atom. The summed E-state index contributed by atoms with van der Waals surface area (Å²) in [6, 6.07) is 9.17. The Balaban J connectivity index is 2.06. The van der Waals surface area contributed by atoms with Crippen LogP contribution in [0.2, 0.25) is 0 Å². The summed E-state index contributed by atoms with van der Waals surface area (Å²) in [5, 5.41) is 13.2. The fourth-order valence-corrected chi connectivity index (χ4v) is 2.23. The van der Waals surface area contributed by atoms with Crippen LogP contribution >= 0.6 is 0 Å². The summed E-state index contributed by atoms with van der Waals surface area (Å²) in [6.45, 7) is 7.40. The first-order valence-corrected chi connectivity index (χ1v) is 6.94. The molecule has 4 nitrogen and oxygen atoms in total. The molecule has 2 rings (SSSR count). The van der Waals surface area contributed by atoms with Gasteiger partial charge in [0, 0.05) is 5.56 Å². The highest BCUT2D eigenvalue weighted by Gasteiger charge is 2.27. The molecule has 0 radical (unpaired) electrons. The SMILES string of the molecule is Cc1ccc(C(=O)NC[C@@](C)(O)c2ccc(C)o2)c(C)c1. The number of rotatable bonds is 4. The lowest BCUT2D eigenvalue weighted by atomic mass is 10.0. The van der Waals surface area contributed by atoms with Crippen LogP contribution in [0.1, 0.15) is 39.9 Å². The number of amides is 1. The summed E-state index contributed by atoms with van der Waals surface area (Å²) in [5.74, 6) is 0.975. The number of nitrogens with one attached hydrogen (secondary N) is 1. The molecule has 0 aliphatic rings. The van der Waals surface area contributed by atoms with Crippen molar-refractivity contribution in [1.82, 2.24) is 5.32 Å². The van der Waals surface area contributed by atoms with Gasteiger partial charge < -0.3 is 14.8 Å². The first-order valence-electron chi connectivity index (χ1n) is 6.94. The standard InChI is InChI=1S/C17H21NO3/c1-11-5-7-14(12(2)9-11)16(19)18-10-17(4,20)15-8-6-13(3)21-15/h5-9,20H,10H2,1-4H3,(H,18,19)/t17-/m1/s1. The lowest BCUT2D eigenvalue weighted by molar-refractivity contribution is 0.0323. The van der Waals surface area contributed by atoms with E-state index in [9.17, 15) is 9.90 Å². The van der Waals surface area contributed by atoms with Gasteiger partial charge in [0.25, 0.3) is 5.91 Å². The maximum absolute atomic E-state index is 12.2. The Hall–Kier alpha value is -2.07. The summed E-state index contributed by atoms with van der Waals surface area (Å²) in [5.41, 5.74) is 1.41. The highest BCUT2D eigenvalue weighted by molar-refractivity contribution is 5.95. The maximum atomic E-state index is 12.2. The minimum Gasteiger partial charge on any atom is -0.463 e. The van der Waals surface area contributed by atoms with Gasteiger partial charge in [0.15, 0.2) is 0 Å². The van der Waals surface area contributed by atoms with Crippen LogP contribution in [0.15, 0.2) is 34.7 Å². The van der Waals surface area contributed by atoms with Gasteiger partial charge >= 0.3 is 0 Å². The number of benzene rings is 1. The fraction of sp³-hybridized carbons (Fsp3) is 0.353. The zero-order chi connectivity index (χ0) is 15.6. The number of furan rings is 1. The monoisotopic (exact) mass is 287 g/mol. The van der Waals surface area contributed by atoms with Gasteiger partial charge in [-0.25, -0.2) is 0 Å². The summed E-state index contributed by atoms with van der Waals surface area (Å²) in [4.78, 5) is 12.2. The molecule has 0 fully saturated rings. The van der Waals surface area contributed by atoms with Crippen molar-refractivity contribution in [2.75, 3.05) is 6.54 Å². The number of aliphatic hydroxyl groups is 1. The molecule has 0 saturated heterocycles. The topological polar surface area (TPSA) is 62.5 Å². The summed E-state index contributed by atoms with van der Waals surface area (Å²) in [7, 11) is 0. The molecule has 1 amide bonds. The molecule has 1 atom stereocenters. The molecule has 21 heavy (non-hydrogen) atoms. The molecule has 0 bridgehead atoms. The minimum atomic E-state index is -1.23. The Labute approximate surface area is 124 Å². The smallest absolute Gasteiger partial charge is 0.251 e. The second-order valence-electron chi connectivity index (χ2n) is 5.69. The average Bonchev–Trinajstić information content (AvgIpc) is 2.84. The fourth-order valence-electron chi connectivity index (χ4n) is 2.23. The van der Waals surface area contributed by atoms with Crippen LogP contribution in [-0.2, 0) is 5.60 Å². The molecule has 1 aromatic carbocycles. The minimum absolute atomic E-state index is 0.0894. The van der Waals surface area contributed by atoms with Gasteiger partial charge in [-0.05, 0) is 51.5 Å². The number of aryl methyl sites for hydroxylation is 3. The van der Waals surface area contributed by atoms with Crippen molar-refractivity contribution in [2.24, 2.45) is 0 Å². The summed E-state index contributed by atoms with van der Waals surface area (Å²) >= 11 is 0. The first-order chi connectivity index (χ1) is 9.79. The van der Waals surface area contributed by atoms with E-state index in [4.69, 9.17) is 4.42 Å². The largest absolute Gasteiger partial charge is 0.463 e. The number of carbonyl (C=O) groups excluding carboxylic acids is 1. The van der Waals surface area contributed by atoms with Crippen molar-refractivity contribution in [3.05, 3.63) is 58.5 Å². The quantitative estimate of drug-likeness (QED) is 0.909. The molecule has 0 spiro atoms. The van der Waals surface area contributed by atoms with Gasteiger partial charge in [0.2, 0.25) is 0 Å². The molecule has 0 aliphatic heterocycles. The lowest BCUT2D eigenvalue weighted by Crippen LogP contribution is -2.38. The maximum Gasteiger partial charge on any atom is 0.251 e. The third-order valence-corrected chi connectivity index (χ3v) is 3.49. The van der Waals surface area contributed by atoms with Crippen LogP contribution in [0.5, 0.6) is 0 Å². The summed E-state index contributed by atoms with van der Waals surface area (Å²) < 4.78 is 5.42. The lowest BCUT2D eigenvalue weighted by Gasteiger charge is -2.21. The molecule has 1 aromatic heterocycles. The van der Waals surface area contributed by atoms with Gasteiger partial charge in [0.1, 0.15) is 17.1 Å². The zero-order valence-corrected chi connectivity index (χ0v) is 12.9. The number of hydrogen-bond donors (Lipinski definition) is 2. The van der Waals surface area contributed by atoms with Crippen molar-refractivity contribution in [2.45, 2.75) is 33.3 Å². The van der Waals surface area contributed by atoms with E-state index in [1.165, 1.54) is 0 Å². The predicted octanol–water partition coefficient (Wildman–Crippen LogP) is 2.84. The Kier molecular flexibility index (Phi) is 4.19. The molecular formula is C17H21NO3. The van der Waals surface area contributed by atoms with Crippen molar-refractivity contribution in [3.63, 3.8) is 0 Å². The van der Waals surface area contributed by atoms with Crippen LogP contribution in [0.4, 0.5) is 0 Å². The second kappa shape index (κ2) is 5.74. The molecule has 1 heterocycles. The molecule has 2 aromatic rings. The van der Waals surface area contributed by atoms with Crippen molar-refractivity contribution in [1.29, 1.82) is 0 Å². The van der Waals surface area contributed by atoms with E-state index in [1.807, 2.05) is 32.9 Å². The van der Waals surface area contributed by atoms with Crippen LogP contribution in [0.25, 0.3) is 0 Å². The van der Waals surface area contributed by atoms with E-state index in [0.29, 0.717) is 11.3 Å². The summed E-state index contributed by atoms with van der Waals surface area (Å²) in [6.07, 6.45) is 0. The molecule has 0 saturated carbocycles. The van der Waals surface area contributed by atoms with Crippen molar-refractivity contribution < 1.29 is 14.3 Å². The van der Waals surface area contributed by atoms with E-state index >= 15 is 0 Å². The van der Waals surface area contributed by atoms with E-state index in [1.54, 1.807) is 25.1 Å². The third-order valence-electron chi connectivity index (χ3n) is 3.49. The molecule has 112 valence electrons. The second-order valence-corrected chi connectivity index (χ2v) is 5.69. The molecule has 0 unspecified atom stereocenters. The Bertz CT molecular complexity index is 656. The van der Waals surface area contributed by atoms with Crippen molar-refractivity contribution in [3.8, 4) is 0 Å². The van der Waals surface area contributed by atoms with Crippen molar-refractivity contribution >= 4 is 5.91 Å².